The molecule has 144 valence electrons. The van der Waals surface area contributed by atoms with Crippen LogP contribution in [0.3, 0.4) is 0 Å². The van der Waals surface area contributed by atoms with Gasteiger partial charge in [-0.25, -0.2) is 0 Å². The van der Waals surface area contributed by atoms with Crippen LogP contribution in [-0.4, -0.2) is 14.8 Å². The summed E-state index contributed by atoms with van der Waals surface area (Å²) < 4.78 is 46.2. The van der Waals surface area contributed by atoms with Crippen LogP contribution in [0.2, 0.25) is 0 Å². The zero-order valence-corrected chi connectivity index (χ0v) is 15.2. The molecule has 0 bridgehead atoms. The van der Waals surface area contributed by atoms with E-state index in [0.29, 0.717) is 24.7 Å². The maximum atomic E-state index is 12.8. The maximum absolute atomic E-state index is 12.8. The highest BCUT2D eigenvalue weighted by atomic mass is 19.4. The van der Waals surface area contributed by atoms with Gasteiger partial charge in [0.1, 0.15) is 5.69 Å². The zero-order valence-electron chi connectivity index (χ0n) is 15.2. The molecule has 0 aliphatic carbocycles. The van der Waals surface area contributed by atoms with Crippen LogP contribution in [0.5, 0.6) is 0 Å². The monoisotopic (exact) mass is 385 g/mol. The lowest BCUT2D eigenvalue weighted by molar-refractivity contribution is -0.137. The predicted octanol–water partition coefficient (Wildman–Crippen LogP) is 5.71. The molecule has 4 rings (SSSR count). The van der Waals surface area contributed by atoms with E-state index in [-0.39, 0.29) is 0 Å². The van der Waals surface area contributed by atoms with Crippen molar-refractivity contribution in [2.45, 2.75) is 32.5 Å². The maximum Gasteiger partial charge on any atom is 0.416 e. The molecule has 2 aromatic heterocycles. The smallest absolute Gasteiger partial charge is 0.416 e. The molecule has 0 radical (unpaired) electrons. The number of hydrogen-bond acceptors (Lipinski definition) is 3. The first kappa shape index (κ1) is 18.3. The number of para-hydroxylation sites is 1. The molecule has 0 aliphatic heterocycles. The van der Waals surface area contributed by atoms with Crippen molar-refractivity contribution < 1.29 is 17.6 Å². The fourth-order valence-corrected chi connectivity index (χ4v) is 3.21. The molecule has 2 aromatic carbocycles. The van der Waals surface area contributed by atoms with Crippen molar-refractivity contribution >= 4 is 10.9 Å². The summed E-state index contributed by atoms with van der Waals surface area (Å²) in [6, 6.07) is 15.0. The van der Waals surface area contributed by atoms with Gasteiger partial charge in [-0.3, -0.25) is 0 Å². The molecule has 4 aromatic rings. The Morgan fingerprint density at radius 3 is 2.46 bits per heavy atom. The summed E-state index contributed by atoms with van der Waals surface area (Å²) in [4.78, 5) is 0. The number of aromatic nitrogens is 3. The van der Waals surface area contributed by atoms with Crippen molar-refractivity contribution in [1.29, 1.82) is 0 Å². The third-order valence-corrected chi connectivity index (χ3v) is 4.58. The Morgan fingerprint density at radius 1 is 1.00 bits per heavy atom. The normalized spacial score (nSPS) is 12.0. The molecule has 0 unspecified atom stereocenters. The van der Waals surface area contributed by atoms with Gasteiger partial charge in [-0.1, -0.05) is 37.3 Å². The SMILES string of the molecule is CCCc1nnc(-c2cc3ccccc3n2Cc2ccc(C(F)(F)F)cc2)o1. The van der Waals surface area contributed by atoms with Crippen LogP contribution in [-0.2, 0) is 19.1 Å². The molecule has 0 N–H and O–H groups in total. The summed E-state index contributed by atoms with van der Waals surface area (Å²) in [5, 5.41) is 9.25. The average Bonchev–Trinajstić information content (AvgIpc) is 3.27. The van der Waals surface area contributed by atoms with Crippen LogP contribution in [0, 0.1) is 0 Å². The van der Waals surface area contributed by atoms with Crippen LogP contribution in [0.4, 0.5) is 13.2 Å². The van der Waals surface area contributed by atoms with Crippen molar-refractivity contribution in [1.82, 2.24) is 14.8 Å². The predicted molar refractivity (Wildman–Crippen MR) is 99.8 cm³/mol. The molecule has 0 fully saturated rings. The molecule has 0 saturated carbocycles. The molecule has 0 amide bonds. The minimum absolute atomic E-state index is 0.395. The van der Waals surface area contributed by atoms with E-state index in [1.165, 1.54) is 12.1 Å². The van der Waals surface area contributed by atoms with Crippen molar-refractivity contribution in [2.75, 3.05) is 0 Å². The minimum Gasteiger partial charge on any atom is -0.419 e. The Bertz CT molecular complexity index is 1090. The number of halogens is 3. The Balaban J connectivity index is 1.74. The molecule has 7 heteroatoms. The van der Waals surface area contributed by atoms with Crippen molar-refractivity contribution in [3.05, 3.63) is 71.6 Å². The standard InChI is InChI=1S/C21H18F3N3O/c1-2-5-19-25-26-20(28-19)18-12-15-6-3-4-7-17(15)27(18)13-14-8-10-16(11-9-14)21(22,23)24/h3-4,6-12H,2,5,13H2,1H3. The quantitative estimate of drug-likeness (QED) is 0.442. The molecule has 4 nitrogen and oxygen atoms in total. The van der Waals surface area contributed by atoms with E-state index in [9.17, 15) is 13.2 Å². The third kappa shape index (κ3) is 3.52. The highest BCUT2D eigenvalue weighted by Crippen LogP contribution is 2.31. The topological polar surface area (TPSA) is 43.9 Å². The van der Waals surface area contributed by atoms with Crippen molar-refractivity contribution in [3.8, 4) is 11.6 Å². The number of fused-ring (bicyclic) bond motifs is 1. The second-order valence-corrected chi connectivity index (χ2v) is 6.62. The number of hydrogen-bond donors (Lipinski definition) is 0. The highest BCUT2D eigenvalue weighted by molar-refractivity contribution is 5.85. The largest absolute Gasteiger partial charge is 0.419 e. The van der Waals surface area contributed by atoms with E-state index in [2.05, 4.69) is 10.2 Å². The molecule has 0 aliphatic rings. The number of rotatable bonds is 5. The first-order chi connectivity index (χ1) is 13.5. The fourth-order valence-electron chi connectivity index (χ4n) is 3.21. The van der Waals surface area contributed by atoms with E-state index in [4.69, 9.17) is 4.42 Å². The van der Waals surface area contributed by atoms with Gasteiger partial charge in [-0.15, -0.1) is 10.2 Å². The Morgan fingerprint density at radius 2 is 1.75 bits per heavy atom. The van der Waals surface area contributed by atoms with Gasteiger partial charge in [-0.2, -0.15) is 13.2 Å². The molecule has 0 spiro atoms. The van der Waals surface area contributed by atoms with Gasteiger partial charge < -0.3 is 8.98 Å². The van der Waals surface area contributed by atoms with E-state index >= 15 is 0 Å². The lowest BCUT2D eigenvalue weighted by Crippen LogP contribution is -2.06. The zero-order chi connectivity index (χ0) is 19.7. The second-order valence-electron chi connectivity index (χ2n) is 6.62. The Kier molecular flexibility index (Phi) is 4.66. The van der Waals surface area contributed by atoms with Crippen LogP contribution in [0.25, 0.3) is 22.5 Å². The Labute approximate surface area is 159 Å². The number of benzene rings is 2. The van der Waals surface area contributed by atoms with E-state index < -0.39 is 11.7 Å². The van der Waals surface area contributed by atoms with Crippen LogP contribution >= 0.6 is 0 Å². The molecule has 28 heavy (non-hydrogen) atoms. The summed E-state index contributed by atoms with van der Waals surface area (Å²) in [6.45, 7) is 2.43. The lowest BCUT2D eigenvalue weighted by Gasteiger charge is -2.11. The van der Waals surface area contributed by atoms with E-state index in [1.807, 2.05) is 41.8 Å². The van der Waals surface area contributed by atoms with Crippen molar-refractivity contribution in [2.24, 2.45) is 0 Å². The minimum atomic E-state index is -4.34. The van der Waals surface area contributed by atoms with Crippen LogP contribution < -0.4 is 0 Å². The molecule has 0 atom stereocenters. The summed E-state index contributed by atoms with van der Waals surface area (Å²) in [5.41, 5.74) is 1.79. The number of alkyl halides is 3. The third-order valence-electron chi connectivity index (χ3n) is 4.58. The van der Waals surface area contributed by atoms with Gasteiger partial charge in [0.25, 0.3) is 5.89 Å². The summed E-state index contributed by atoms with van der Waals surface area (Å²) in [5.74, 6) is 0.982. The highest BCUT2D eigenvalue weighted by Gasteiger charge is 2.30. The van der Waals surface area contributed by atoms with Gasteiger partial charge in [0, 0.05) is 23.9 Å². The van der Waals surface area contributed by atoms with Gasteiger partial charge >= 0.3 is 6.18 Å². The molecular weight excluding hydrogens is 367 g/mol. The first-order valence-corrected chi connectivity index (χ1v) is 9.03. The molecule has 0 saturated heterocycles. The van der Waals surface area contributed by atoms with E-state index in [0.717, 1.165) is 40.7 Å². The average molecular weight is 385 g/mol. The number of aryl methyl sites for hydroxylation is 1. The molecule has 2 heterocycles. The summed E-state index contributed by atoms with van der Waals surface area (Å²) in [7, 11) is 0. The van der Waals surface area contributed by atoms with Crippen LogP contribution in [0.15, 0.2) is 59.0 Å². The summed E-state index contributed by atoms with van der Waals surface area (Å²) >= 11 is 0. The Hall–Kier alpha value is -3.09. The second kappa shape index (κ2) is 7.14. The lowest BCUT2D eigenvalue weighted by atomic mass is 10.1. The van der Waals surface area contributed by atoms with Gasteiger partial charge in [0.15, 0.2) is 0 Å². The van der Waals surface area contributed by atoms with Gasteiger partial charge in [0.05, 0.1) is 5.56 Å². The summed E-state index contributed by atoms with van der Waals surface area (Å²) in [6.07, 6.45) is -2.74. The molecular formula is C21H18F3N3O. The van der Waals surface area contributed by atoms with Crippen LogP contribution in [0.1, 0.15) is 30.4 Å². The van der Waals surface area contributed by atoms with Gasteiger partial charge in [0.2, 0.25) is 5.89 Å². The van der Waals surface area contributed by atoms with Gasteiger partial charge in [-0.05, 0) is 36.2 Å². The van der Waals surface area contributed by atoms with E-state index in [1.54, 1.807) is 0 Å². The number of nitrogens with zero attached hydrogens (tertiary/aromatic N) is 3. The van der Waals surface area contributed by atoms with Crippen molar-refractivity contribution in [3.63, 3.8) is 0 Å². The first-order valence-electron chi connectivity index (χ1n) is 9.03. The fraction of sp³-hybridized carbons (Fsp3) is 0.238.